The molecular formula is C21H22FN3O3S. The zero-order chi connectivity index (χ0) is 21.0. The predicted octanol–water partition coefficient (Wildman–Crippen LogP) is 5.08. The van der Waals surface area contributed by atoms with E-state index in [0.717, 1.165) is 16.8 Å². The van der Waals surface area contributed by atoms with Crippen molar-refractivity contribution in [2.24, 2.45) is 0 Å². The third-order valence-electron chi connectivity index (χ3n) is 4.19. The molecule has 0 aliphatic carbocycles. The SMILES string of the molecule is Cc1ccc(C)c(NC(=O)[C@@H](C)Sc2nnc([C@H](C)Oc3ccc(F)cc3)o2)c1. The number of nitrogens with one attached hydrogen (secondary N) is 1. The van der Waals surface area contributed by atoms with Crippen LogP contribution in [0.25, 0.3) is 0 Å². The second kappa shape index (κ2) is 9.09. The molecule has 0 bridgehead atoms. The largest absolute Gasteiger partial charge is 0.481 e. The van der Waals surface area contributed by atoms with E-state index in [4.69, 9.17) is 9.15 Å². The molecule has 1 amide bonds. The Kier molecular flexibility index (Phi) is 6.53. The maximum absolute atomic E-state index is 13.0. The summed E-state index contributed by atoms with van der Waals surface area (Å²) in [5.74, 6) is 0.278. The van der Waals surface area contributed by atoms with Gasteiger partial charge in [-0.15, -0.1) is 10.2 Å². The Morgan fingerprint density at radius 3 is 2.59 bits per heavy atom. The van der Waals surface area contributed by atoms with Gasteiger partial charge in [0.1, 0.15) is 11.6 Å². The van der Waals surface area contributed by atoms with Crippen LogP contribution in [0.2, 0.25) is 0 Å². The lowest BCUT2D eigenvalue weighted by molar-refractivity contribution is -0.115. The summed E-state index contributed by atoms with van der Waals surface area (Å²) in [5.41, 5.74) is 2.85. The molecule has 152 valence electrons. The number of anilines is 1. The van der Waals surface area contributed by atoms with Gasteiger partial charge in [0.25, 0.3) is 11.1 Å². The smallest absolute Gasteiger partial charge is 0.277 e. The number of carbonyl (C=O) groups excluding carboxylic acids is 1. The fraction of sp³-hybridized carbons (Fsp3) is 0.286. The van der Waals surface area contributed by atoms with E-state index in [0.29, 0.717) is 5.75 Å². The molecule has 0 saturated carbocycles. The molecule has 0 fully saturated rings. The van der Waals surface area contributed by atoms with Gasteiger partial charge in [0.15, 0.2) is 6.10 Å². The topological polar surface area (TPSA) is 77.2 Å². The average Bonchev–Trinajstić information content (AvgIpc) is 3.15. The maximum Gasteiger partial charge on any atom is 0.277 e. The van der Waals surface area contributed by atoms with Gasteiger partial charge < -0.3 is 14.5 Å². The molecule has 6 nitrogen and oxygen atoms in total. The normalized spacial score (nSPS) is 13.0. The van der Waals surface area contributed by atoms with Crippen LogP contribution in [0.15, 0.2) is 52.1 Å². The number of nitrogens with zero attached hydrogens (tertiary/aromatic N) is 2. The molecule has 0 radical (unpaired) electrons. The number of aromatic nitrogens is 2. The zero-order valence-electron chi connectivity index (χ0n) is 16.6. The summed E-state index contributed by atoms with van der Waals surface area (Å²) in [6.45, 7) is 7.44. The molecule has 0 aliphatic rings. The average molecular weight is 415 g/mol. The molecule has 0 unspecified atom stereocenters. The lowest BCUT2D eigenvalue weighted by Gasteiger charge is -2.13. The number of aryl methyl sites for hydroxylation is 2. The van der Waals surface area contributed by atoms with Gasteiger partial charge in [-0.1, -0.05) is 23.9 Å². The summed E-state index contributed by atoms with van der Waals surface area (Å²) < 4.78 is 24.3. The number of thioether (sulfide) groups is 1. The molecule has 8 heteroatoms. The Morgan fingerprint density at radius 1 is 1.14 bits per heavy atom. The maximum atomic E-state index is 13.0. The van der Waals surface area contributed by atoms with Gasteiger partial charge in [0.05, 0.1) is 5.25 Å². The fourth-order valence-electron chi connectivity index (χ4n) is 2.51. The summed E-state index contributed by atoms with van der Waals surface area (Å²) in [6.07, 6.45) is -0.513. The molecule has 1 aromatic heterocycles. The van der Waals surface area contributed by atoms with Crippen molar-refractivity contribution < 1.29 is 18.3 Å². The van der Waals surface area contributed by atoms with Gasteiger partial charge in [-0.25, -0.2) is 4.39 Å². The van der Waals surface area contributed by atoms with Gasteiger partial charge in [0, 0.05) is 5.69 Å². The number of carbonyl (C=O) groups is 1. The summed E-state index contributed by atoms with van der Waals surface area (Å²) in [6, 6.07) is 11.6. The van der Waals surface area contributed by atoms with Gasteiger partial charge >= 0.3 is 0 Å². The van der Waals surface area contributed by atoms with Gasteiger partial charge in [-0.3, -0.25) is 4.79 Å². The number of rotatable bonds is 7. The Bertz CT molecular complexity index is 991. The van der Waals surface area contributed by atoms with Crippen LogP contribution in [-0.4, -0.2) is 21.4 Å². The highest BCUT2D eigenvalue weighted by Gasteiger charge is 2.21. The highest BCUT2D eigenvalue weighted by molar-refractivity contribution is 8.00. The minimum atomic E-state index is -0.513. The van der Waals surface area contributed by atoms with Crippen LogP contribution >= 0.6 is 11.8 Å². The molecule has 3 rings (SSSR count). The van der Waals surface area contributed by atoms with Crippen LogP contribution in [-0.2, 0) is 4.79 Å². The number of halogens is 1. The standard InChI is InChI=1S/C21H22FN3O3S/c1-12-5-6-13(2)18(11-12)23-19(26)15(4)29-21-25-24-20(28-21)14(3)27-17-9-7-16(22)8-10-17/h5-11,14-15H,1-4H3,(H,23,26)/t14-,15+/m0/s1. The van der Waals surface area contributed by atoms with Crippen LogP contribution in [0, 0.1) is 19.7 Å². The van der Waals surface area contributed by atoms with Crippen molar-refractivity contribution in [1.82, 2.24) is 10.2 Å². The summed E-state index contributed by atoms with van der Waals surface area (Å²) in [4.78, 5) is 12.5. The lowest BCUT2D eigenvalue weighted by Crippen LogP contribution is -2.22. The summed E-state index contributed by atoms with van der Waals surface area (Å²) >= 11 is 1.17. The molecule has 29 heavy (non-hydrogen) atoms. The van der Waals surface area contributed by atoms with E-state index in [-0.39, 0.29) is 22.8 Å². The van der Waals surface area contributed by atoms with E-state index in [1.54, 1.807) is 13.8 Å². The van der Waals surface area contributed by atoms with Crippen LogP contribution < -0.4 is 10.1 Å². The molecule has 0 saturated heterocycles. The third-order valence-corrected chi connectivity index (χ3v) is 5.13. The molecule has 2 aromatic carbocycles. The first-order chi connectivity index (χ1) is 13.8. The molecule has 0 aliphatic heterocycles. The zero-order valence-corrected chi connectivity index (χ0v) is 17.4. The first kappa shape index (κ1) is 20.9. The van der Waals surface area contributed by atoms with Gasteiger partial charge in [-0.05, 0) is 69.2 Å². The van der Waals surface area contributed by atoms with E-state index in [2.05, 4.69) is 15.5 Å². The van der Waals surface area contributed by atoms with Crippen molar-refractivity contribution in [3.8, 4) is 5.75 Å². The number of hydrogen-bond donors (Lipinski definition) is 1. The number of benzene rings is 2. The Balaban J connectivity index is 1.59. The number of ether oxygens (including phenoxy) is 1. The molecular weight excluding hydrogens is 393 g/mol. The Hall–Kier alpha value is -2.87. The second-order valence-electron chi connectivity index (χ2n) is 6.69. The van der Waals surface area contributed by atoms with Crippen molar-refractivity contribution in [3.63, 3.8) is 0 Å². The van der Waals surface area contributed by atoms with E-state index in [9.17, 15) is 9.18 Å². The van der Waals surface area contributed by atoms with Crippen LogP contribution in [0.4, 0.5) is 10.1 Å². The second-order valence-corrected chi connectivity index (χ2v) is 7.98. The van der Waals surface area contributed by atoms with Gasteiger partial charge in [-0.2, -0.15) is 0 Å². The highest BCUT2D eigenvalue weighted by Crippen LogP contribution is 2.27. The Labute approximate surface area is 172 Å². The quantitative estimate of drug-likeness (QED) is 0.542. The van der Waals surface area contributed by atoms with E-state index >= 15 is 0 Å². The molecule has 1 heterocycles. The monoisotopic (exact) mass is 415 g/mol. The minimum absolute atomic E-state index is 0.154. The number of amides is 1. The molecule has 3 aromatic rings. The molecule has 1 N–H and O–H groups in total. The predicted molar refractivity (Wildman–Crippen MR) is 110 cm³/mol. The van der Waals surface area contributed by atoms with Crippen LogP contribution in [0.5, 0.6) is 5.75 Å². The van der Waals surface area contributed by atoms with E-state index in [1.807, 2.05) is 32.0 Å². The van der Waals surface area contributed by atoms with Crippen LogP contribution in [0.1, 0.15) is 37.0 Å². The number of hydrogen-bond acceptors (Lipinski definition) is 6. The molecule has 0 spiro atoms. The Morgan fingerprint density at radius 2 is 1.86 bits per heavy atom. The highest BCUT2D eigenvalue weighted by atomic mass is 32.2. The lowest BCUT2D eigenvalue weighted by atomic mass is 10.1. The first-order valence-electron chi connectivity index (χ1n) is 9.12. The van der Waals surface area contributed by atoms with E-state index in [1.165, 1.54) is 36.0 Å². The van der Waals surface area contributed by atoms with Crippen molar-refractivity contribution in [2.75, 3.05) is 5.32 Å². The molecule has 2 atom stereocenters. The van der Waals surface area contributed by atoms with Gasteiger partial charge in [0.2, 0.25) is 5.91 Å². The van der Waals surface area contributed by atoms with Crippen molar-refractivity contribution in [2.45, 2.75) is 44.3 Å². The minimum Gasteiger partial charge on any atom is -0.481 e. The fourth-order valence-corrected chi connectivity index (χ4v) is 3.20. The summed E-state index contributed by atoms with van der Waals surface area (Å²) in [5, 5.41) is 10.7. The van der Waals surface area contributed by atoms with Crippen LogP contribution in [0.3, 0.4) is 0 Å². The van der Waals surface area contributed by atoms with Crippen molar-refractivity contribution in [3.05, 3.63) is 65.3 Å². The third kappa shape index (κ3) is 5.57. The van der Waals surface area contributed by atoms with Crippen molar-refractivity contribution >= 4 is 23.4 Å². The summed E-state index contributed by atoms with van der Waals surface area (Å²) in [7, 11) is 0. The van der Waals surface area contributed by atoms with E-state index < -0.39 is 11.4 Å². The van der Waals surface area contributed by atoms with Crippen molar-refractivity contribution in [1.29, 1.82) is 0 Å². The first-order valence-corrected chi connectivity index (χ1v) is 10.00.